The zero-order valence-corrected chi connectivity index (χ0v) is 7.51. The highest BCUT2D eigenvalue weighted by molar-refractivity contribution is 5.88. The van der Waals surface area contributed by atoms with Crippen LogP contribution in [0.4, 0.5) is 0 Å². The predicted octanol–water partition coefficient (Wildman–Crippen LogP) is 0.154. The molecule has 76 valence electrons. The molecule has 1 aliphatic rings. The molecule has 1 saturated heterocycles. The maximum atomic E-state index is 10.7. The lowest BCUT2D eigenvalue weighted by molar-refractivity contribution is -0.00648. The van der Waals surface area contributed by atoms with E-state index in [0.29, 0.717) is 25.4 Å². The van der Waals surface area contributed by atoms with Crippen LogP contribution in [-0.2, 0) is 6.54 Å². The number of hydrogen-bond acceptors (Lipinski definition) is 4. The molecule has 0 spiro atoms. The summed E-state index contributed by atoms with van der Waals surface area (Å²) in [6, 6.07) is 1.44. The molecule has 0 amide bonds. The molecule has 0 radical (unpaired) electrons. The Morgan fingerprint density at radius 3 is 2.93 bits per heavy atom. The van der Waals surface area contributed by atoms with Gasteiger partial charge in [0.1, 0.15) is 11.3 Å². The summed E-state index contributed by atoms with van der Waals surface area (Å²) in [5.74, 6) is -0.528. The molecular weight excluding hydrogens is 186 g/mol. The Bertz CT molecular complexity index is 340. The van der Waals surface area contributed by atoms with E-state index in [4.69, 9.17) is 14.6 Å². The molecule has 2 heterocycles. The molecule has 5 nitrogen and oxygen atoms in total. The number of aliphatic hydroxyl groups is 1. The molecule has 1 aromatic rings. The monoisotopic (exact) mass is 197 g/mol. The molecule has 1 aliphatic heterocycles. The molecule has 1 aromatic heterocycles. The van der Waals surface area contributed by atoms with Crippen molar-refractivity contribution in [2.75, 3.05) is 13.1 Å². The average Bonchev–Trinajstić information content (AvgIpc) is 2.49. The third kappa shape index (κ3) is 1.64. The molecule has 0 aromatic carbocycles. The molecule has 0 bridgehead atoms. The quantitative estimate of drug-likeness (QED) is 0.721. The van der Waals surface area contributed by atoms with Crippen LogP contribution in [0, 0.1) is 0 Å². The number of nitrogens with zero attached hydrogens (tertiary/aromatic N) is 1. The Hall–Kier alpha value is -1.33. The van der Waals surface area contributed by atoms with Gasteiger partial charge in [0, 0.05) is 13.1 Å². The second kappa shape index (κ2) is 3.43. The highest BCUT2D eigenvalue weighted by atomic mass is 16.4. The number of aromatic carboxylic acids is 1. The Kier molecular flexibility index (Phi) is 2.26. The zero-order valence-electron chi connectivity index (χ0n) is 7.51. The van der Waals surface area contributed by atoms with Crippen molar-refractivity contribution in [3.8, 4) is 0 Å². The topological polar surface area (TPSA) is 73.9 Å². The summed E-state index contributed by atoms with van der Waals surface area (Å²) in [5.41, 5.74) is 0.200. The minimum Gasteiger partial charge on any atom is -0.478 e. The van der Waals surface area contributed by atoms with Gasteiger partial charge in [-0.25, -0.2) is 4.79 Å². The van der Waals surface area contributed by atoms with Crippen molar-refractivity contribution in [2.24, 2.45) is 0 Å². The van der Waals surface area contributed by atoms with Gasteiger partial charge < -0.3 is 14.6 Å². The van der Waals surface area contributed by atoms with E-state index in [9.17, 15) is 4.79 Å². The normalized spacial score (nSPS) is 18.1. The summed E-state index contributed by atoms with van der Waals surface area (Å²) in [6.07, 6.45) is 1.09. The fourth-order valence-electron chi connectivity index (χ4n) is 1.53. The smallest absolute Gasteiger partial charge is 0.339 e. The van der Waals surface area contributed by atoms with Crippen molar-refractivity contribution in [1.82, 2.24) is 4.90 Å². The SMILES string of the molecule is O=C(O)c1ccoc1CN1CC(O)C1. The Labute approximate surface area is 80.6 Å². The molecule has 14 heavy (non-hydrogen) atoms. The van der Waals surface area contributed by atoms with Gasteiger partial charge in [0.2, 0.25) is 0 Å². The lowest BCUT2D eigenvalue weighted by Gasteiger charge is -2.35. The molecule has 0 saturated carbocycles. The van der Waals surface area contributed by atoms with Gasteiger partial charge in [-0.2, -0.15) is 0 Å². The van der Waals surface area contributed by atoms with E-state index in [1.807, 2.05) is 4.90 Å². The summed E-state index contributed by atoms with van der Waals surface area (Å²) in [6.45, 7) is 1.62. The van der Waals surface area contributed by atoms with E-state index >= 15 is 0 Å². The maximum Gasteiger partial charge on any atom is 0.339 e. The molecule has 0 atom stereocenters. The number of furan rings is 1. The molecule has 2 rings (SSSR count). The van der Waals surface area contributed by atoms with Gasteiger partial charge in [-0.3, -0.25) is 4.90 Å². The number of β-amino-alcohol motifs (C(OH)–C–C–N with tert-alkyl or cyclic N) is 1. The van der Waals surface area contributed by atoms with Crippen LogP contribution in [0.25, 0.3) is 0 Å². The summed E-state index contributed by atoms with van der Waals surface area (Å²) in [4.78, 5) is 12.6. The van der Waals surface area contributed by atoms with Crippen LogP contribution in [0.3, 0.4) is 0 Å². The first kappa shape index (κ1) is 9.23. The van der Waals surface area contributed by atoms with Crippen LogP contribution in [0.2, 0.25) is 0 Å². The fraction of sp³-hybridized carbons (Fsp3) is 0.444. The van der Waals surface area contributed by atoms with E-state index in [1.54, 1.807) is 0 Å². The lowest BCUT2D eigenvalue weighted by atomic mass is 10.1. The fourth-order valence-corrected chi connectivity index (χ4v) is 1.53. The highest BCUT2D eigenvalue weighted by Crippen LogP contribution is 2.17. The molecule has 5 heteroatoms. The van der Waals surface area contributed by atoms with E-state index in [-0.39, 0.29) is 11.7 Å². The first-order valence-corrected chi connectivity index (χ1v) is 4.37. The molecule has 0 aliphatic carbocycles. The summed E-state index contributed by atoms with van der Waals surface area (Å²) < 4.78 is 5.06. The van der Waals surface area contributed by atoms with Crippen molar-refractivity contribution >= 4 is 5.97 Å². The van der Waals surface area contributed by atoms with Gasteiger partial charge >= 0.3 is 5.97 Å². The number of carboxylic acids is 1. The molecule has 2 N–H and O–H groups in total. The standard InChI is InChI=1S/C9H11NO4/c11-6-3-10(4-6)5-8-7(9(12)13)1-2-14-8/h1-2,6,11H,3-5H2,(H,12,13). The van der Waals surface area contributed by atoms with Gasteiger partial charge in [-0.15, -0.1) is 0 Å². The van der Waals surface area contributed by atoms with Crippen molar-refractivity contribution in [1.29, 1.82) is 0 Å². The van der Waals surface area contributed by atoms with Crippen LogP contribution < -0.4 is 0 Å². The van der Waals surface area contributed by atoms with E-state index in [2.05, 4.69) is 0 Å². The first-order valence-electron chi connectivity index (χ1n) is 4.37. The number of hydrogen-bond donors (Lipinski definition) is 2. The predicted molar refractivity (Wildman–Crippen MR) is 47.0 cm³/mol. The Morgan fingerprint density at radius 2 is 2.36 bits per heavy atom. The maximum absolute atomic E-state index is 10.7. The molecule has 0 unspecified atom stereocenters. The second-order valence-electron chi connectivity index (χ2n) is 3.41. The van der Waals surface area contributed by atoms with Gasteiger partial charge in [0.25, 0.3) is 0 Å². The van der Waals surface area contributed by atoms with Crippen LogP contribution in [0.5, 0.6) is 0 Å². The van der Waals surface area contributed by atoms with Crippen LogP contribution in [0.15, 0.2) is 16.7 Å². The first-order chi connectivity index (χ1) is 6.66. The van der Waals surface area contributed by atoms with Gasteiger partial charge in [0.15, 0.2) is 0 Å². The van der Waals surface area contributed by atoms with Gasteiger partial charge in [-0.05, 0) is 6.07 Å². The van der Waals surface area contributed by atoms with Crippen LogP contribution in [0.1, 0.15) is 16.1 Å². The minimum absolute atomic E-state index is 0.200. The van der Waals surface area contributed by atoms with Crippen molar-refractivity contribution < 1.29 is 19.4 Å². The van der Waals surface area contributed by atoms with Crippen molar-refractivity contribution in [3.63, 3.8) is 0 Å². The van der Waals surface area contributed by atoms with Gasteiger partial charge in [-0.1, -0.05) is 0 Å². The van der Waals surface area contributed by atoms with Crippen LogP contribution >= 0.6 is 0 Å². The van der Waals surface area contributed by atoms with Crippen molar-refractivity contribution in [2.45, 2.75) is 12.6 Å². The number of rotatable bonds is 3. The Balaban J connectivity index is 2.02. The second-order valence-corrected chi connectivity index (χ2v) is 3.41. The van der Waals surface area contributed by atoms with E-state index in [1.165, 1.54) is 12.3 Å². The number of aliphatic hydroxyl groups excluding tert-OH is 1. The summed E-state index contributed by atoms with van der Waals surface area (Å²) in [5, 5.41) is 17.8. The molecule has 1 fully saturated rings. The largest absolute Gasteiger partial charge is 0.478 e. The van der Waals surface area contributed by atoms with Crippen molar-refractivity contribution in [3.05, 3.63) is 23.7 Å². The third-order valence-corrected chi connectivity index (χ3v) is 2.28. The average molecular weight is 197 g/mol. The van der Waals surface area contributed by atoms with E-state index in [0.717, 1.165) is 0 Å². The van der Waals surface area contributed by atoms with Gasteiger partial charge in [0.05, 0.1) is 18.9 Å². The minimum atomic E-state index is -0.977. The highest BCUT2D eigenvalue weighted by Gasteiger charge is 2.26. The lowest BCUT2D eigenvalue weighted by Crippen LogP contribution is -2.49. The number of carbonyl (C=O) groups is 1. The zero-order chi connectivity index (χ0) is 10.1. The summed E-state index contributed by atoms with van der Waals surface area (Å²) >= 11 is 0. The molecular formula is C9H11NO4. The van der Waals surface area contributed by atoms with E-state index < -0.39 is 5.97 Å². The number of likely N-dealkylation sites (tertiary alicyclic amines) is 1. The third-order valence-electron chi connectivity index (χ3n) is 2.28. The van der Waals surface area contributed by atoms with Crippen LogP contribution in [-0.4, -0.2) is 40.3 Å². The summed E-state index contributed by atoms with van der Waals surface area (Å²) in [7, 11) is 0. The Morgan fingerprint density at radius 1 is 1.64 bits per heavy atom. The number of carboxylic acid groups (broad SMARTS) is 1.